The molecule has 0 saturated carbocycles. The summed E-state index contributed by atoms with van der Waals surface area (Å²) in [6, 6.07) is 6.40. The summed E-state index contributed by atoms with van der Waals surface area (Å²) in [5, 5.41) is 19.2. The minimum Gasteiger partial charge on any atom is -0.390 e. The van der Waals surface area contributed by atoms with Crippen LogP contribution in [-0.2, 0) is 9.59 Å². The first-order valence-corrected chi connectivity index (χ1v) is 11.1. The highest BCUT2D eigenvalue weighted by Crippen LogP contribution is 2.32. The number of aliphatic hydroxyl groups is 1. The number of benzene rings is 1. The molecule has 156 valence electrons. The standard InChI is InChI=1S/C20H26N4O4S/c1-12(18(27)21-15-10-29-11-16(15)25)24-9-8-20(7-6-17(24)26)22-14-5-3-2-4-13(14)19(28)23-20/h2-5,12,15-16,22,25H,6-11H2,1H3,(H,21,27)(H,23,28)/t12-,15-,16+,20-/m1/s1. The Morgan fingerprint density at radius 2 is 2.07 bits per heavy atom. The van der Waals surface area contributed by atoms with Crippen LogP contribution < -0.4 is 16.0 Å². The zero-order valence-corrected chi connectivity index (χ0v) is 17.1. The van der Waals surface area contributed by atoms with E-state index in [2.05, 4.69) is 16.0 Å². The second kappa shape index (κ2) is 7.87. The fourth-order valence-electron chi connectivity index (χ4n) is 4.17. The maximum absolute atomic E-state index is 12.8. The van der Waals surface area contributed by atoms with E-state index in [0.29, 0.717) is 36.5 Å². The summed E-state index contributed by atoms with van der Waals surface area (Å²) in [5.74, 6) is 0.759. The summed E-state index contributed by atoms with van der Waals surface area (Å²) in [7, 11) is 0. The van der Waals surface area contributed by atoms with E-state index in [4.69, 9.17) is 0 Å². The Hall–Kier alpha value is -2.26. The Balaban J connectivity index is 1.45. The molecule has 1 spiro atoms. The van der Waals surface area contributed by atoms with Gasteiger partial charge in [-0.25, -0.2) is 0 Å². The number of nitrogens with one attached hydrogen (secondary N) is 3. The Morgan fingerprint density at radius 1 is 1.28 bits per heavy atom. The van der Waals surface area contributed by atoms with Crippen molar-refractivity contribution in [3.05, 3.63) is 29.8 Å². The number of nitrogens with zero attached hydrogens (tertiary/aromatic N) is 1. The van der Waals surface area contributed by atoms with Gasteiger partial charge < -0.3 is 26.0 Å². The summed E-state index contributed by atoms with van der Waals surface area (Å²) in [5.41, 5.74) is 0.645. The number of anilines is 1. The Kier molecular flexibility index (Phi) is 5.44. The fraction of sp³-hybridized carbons (Fsp3) is 0.550. The van der Waals surface area contributed by atoms with E-state index in [0.717, 1.165) is 5.69 Å². The van der Waals surface area contributed by atoms with Gasteiger partial charge in [0.1, 0.15) is 11.7 Å². The highest BCUT2D eigenvalue weighted by molar-refractivity contribution is 7.99. The van der Waals surface area contributed by atoms with E-state index < -0.39 is 17.8 Å². The number of para-hydroxylation sites is 1. The molecule has 9 heteroatoms. The molecule has 3 aliphatic rings. The van der Waals surface area contributed by atoms with Crippen LogP contribution in [0.5, 0.6) is 0 Å². The Labute approximate surface area is 173 Å². The van der Waals surface area contributed by atoms with E-state index in [1.54, 1.807) is 29.7 Å². The highest BCUT2D eigenvalue weighted by atomic mass is 32.2. The molecule has 2 saturated heterocycles. The number of likely N-dealkylation sites (tertiary alicyclic amines) is 1. The lowest BCUT2D eigenvalue weighted by atomic mass is 9.95. The summed E-state index contributed by atoms with van der Waals surface area (Å²) in [6.07, 6.45) is 0.628. The number of carbonyl (C=O) groups is 3. The van der Waals surface area contributed by atoms with Gasteiger partial charge in [0.15, 0.2) is 0 Å². The van der Waals surface area contributed by atoms with Gasteiger partial charge in [-0.3, -0.25) is 14.4 Å². The molecule has 0 radical (unpaired) electrons. The number of amides is 3. The van der Waals surface area contributed by atoms with Crippen molar-refractivity contribution in [3.63, 3.8) is 0 Å². The molecule has 0 unspecified atom stereocenters. The molecule has 0 aromatic heterocycles. The fourth-order valence-corrected chi connectivity index (χ4v) is 5.34. The summed E-state index contributed by atoms with van der Waals surface area (Å²) in [4.78, 5) is 39.6. The third kappa shape index (κ3) is 3.93. The van der Waals surface area contributed by atoms with Crippen molar-refractivity contribution in [2.24, 2.45) is 0 Å². The van der Waals surface area contributed by atoms with Crippen LogP contribution in [0, 0.1) is 0 Å². The second-order valence-corrected chi connectivity index (χ2v) is 9.01. The lowest BCUT2D eigenvalue weighted by Crippen LogP contribution is -2.58. The summed E-state index contributed by atoms with van der Waals surface area (Å²) >= 11 is 1.60. The number of aliphatic hydroxyl groups excluding tert-OH is 1. The number of hydrogen-bond acceptors (Lipinski definition) is 6. The first-order chi connectivity index (χ1) is 13.9. The molecule has 2 fully saturated rings. The largest absolute Gasteiger partial charge is 0.390 e. The third-order valence-corrected chi connectivity index (χ3v) is 7.16. The molecule has 3 aliphatic heterocycles. The number of fused-ring (bicyclic) bond motifs is 1. The minimum absolute atomic E-state index is 0.110. The van der Waals surface area contributed by atoms with Crippen molar-refractivity contribution in [2.75, 3.05) is 23.4 Å². The van der Waals surface area contributed by atoms with Gasteiger partial charge in [0.25, 0.3) is 5.91 Å². The summed E-state index contributed by atoms with van der Waals surface area (Å²) in [6.45, 7) is 2.06. The number of hydrogen-bond donors (Lipinski definition) is 4. The maximum Gasteiger partial charge on any atom is 0.255 e. The lowest BCUT2D eigenvalue weighted by molar-refractivity contribution is -0.139. The molecule has 8 nitrogen and oxygen atoms in total. The van der Waals surface area contributed by atoms with Crippen LogP contribution in [0.25, 0.3) is 0 Å². The van der Waals surface area contributed by atoms with Crippen molar-refractivity contribution >= 4 is 35.2 Å². The average molecular weight is 419 g/mol. The molecule has 29 heavy (non-hydrogen) atoms. The second-order valence-electron chi connectivity index (χ2n) is 7.94. The molecule has 1 aromatic carbocycles. The summed E-state index contributed by atoms with van der Waals surface area (Å²) < 4.78 is 0. The van der Waals surface area contributed by atoms with Crippen LogP contribution in [0.3, 0.4) is 0 Å². The van der Waals surface area contributed by atoms with Crippen molar-refractivity contribution in [2.45, 2.75) is 50.0 Å². The van der Waals surface area contributed by atoms with E-state index in [1.807, 2.05) is 18.2 Å². The van der Waals surface area contributed by atoms with Gasteiger partial charge in [0.05, 0.1) is 17.7 Å². The van der Waals surface area contributed by atoms with Crippen LogP contribution >= 0.6 is 11.8 Å². The van der Waals surface area contributed by atoms with Crippen molar-refractivity contribution in [3.8, 4) is 0 Å². The van der Waals surface area contributed by atoms with Gasteiger partial charge in [-0.05, 0) is 25.5 Å². The monoisotopic (exact) mass is 418 g/mol. The van der Waals surface area contributed by atoms with Crippen molar-refractivity contribution < 1.29 is 19.5 Å². The maximum atomic E-state index is 12.8. The topological polar surface area (TPSA) is 111 Å². The van der Waals surface area contributed by atoms with Gasteiger partial charge in [-0.1, -0.05) is 12.1 Å². The first kappa shape index (κ1) is 20.0. The molecular weight excluding hydrogens is 392 g/mol. The van der Waals surface area contributed by atoms with E-state index in [1.165, 1.54) is 0 Å². The molecular formula is C20H26N4O4S. The predicted octanol–water partition coefficient (Wildman–Crippen LogP) is 0.532. The zero-order valence-electron chi connectivity index (χ0n) is 16.3. The molecule has 0 bridgehead atoms. The zero-order chi connectivity index (χ0) is 20.6. The number of carbonyl (C=O) groups excluding carboxylic acids is 3. The molecule has 4 atom stereocenters. The van der Waals surface area contributed by atoms with Gasteiger partial charge in [-0.2, -0.15) is 11.8 Å². The molecule has 0 aliphatic carbocycles. The van der Waals surface area contributed by atoms with E-state index in [9.17, 15) is 19.5 Å². The van der Waals surface area contributed by atoms with E-state index >= 15 is 0 Å². The minimum atomic E-state index is -0.704. The van der Waals surface area contributed by atoms with Crippen molar-refractivity contribution in [1.82, 2.24) is 15.5 Å². The molecule has 3 heterocycles. The molecule has 1 aromatic rings. The van der Waals surface area contributed by atoms with Gasteiger partial charge in [0.2, 0.25) is 11.8 Å². The van der Waals surface area contributed by atoms with Crippen molar-refractivity contribution in [1.29, 1.82) is 0 Å². The molecule has 3 amide bonds. The van der Waals surface area contributed by atoms with Gasteiger partial charge >= 0.3 is 0 Å². The number of thioether (sulfide) groups is 1. The lowest BCUT2D eigenvalue weighted by Gasteiger charge is -2.40. The van der Waals surface area contributed by atoms with Gasteiger partial charge in [-0.15, -0.1) is 0 Å². The van der Waals surface area contributed by atoms with Crippen LogP contribution in [0.1, 0.15) is 36.5 Å². The Morgan fingerprint density at radius 3 is 2.83 bits per heavy atom. The number of rotatable bonds is 3. The quantitative estimate of drug-likeness (QED) is 0.570. The van der Waals surface area contributed by atoms with Crippen LogP contribution in [0.15, 0.2) is 24.3 Å². The molecule has 4 N–H and O–H groups in total. The SMILES string of the molecule is C[C@H](C(=O)N[C@@H]1CSC[C@@H]1O)N1CC[C@@]2(CCC1=O)NC(=O)c1ccccc1N2. The smallest absolute Gasteiger partial charge is 0.255 e. The van der Waals surface area contributed by atoms with Crippen LogP contribution in [0.4, 0.5) is 5.69 Å². The highest BCUT2D eigenvalue weighted by Gasteiger charge is 2.42. The predicted molar refractivity (Wildman–Crippen MR) is 111 cm³/mol. The van der Waals surface area contributed by atoms with E-state index in [-0.39, 0.29) is 30.2 Å². The normalized spacial score (nSPS) is 30.2. The third-order valence-electron chi connectivity index (χ3n) is 5.99. The van der Waals surface area contributed by atoms with Crippen LogP contribution in [-0.4, -0.2) is 69.6 Å². The van der Waals surface area contributed by atoms with Gasteiger partial charge in [0, 0.05) is 36.6 Å². The van der Waals surface area contributed by atoms with Crippen LogP contribution in [0.2, 0.25) is 0 Å². The first-order valence-electron chi connectivity index (χ1n) is 9.94. The molecule has 4 rings (SSSR count). The Bertz CT molecular complexity index is 834. The average Bonchev–Trinajstić information content (AvgIpc) is 3.03.